The minimum absolute atomic E-state index is 0.186. The Bertz CT molecular complexity index is 379. The number of aromatic hydroxyl groups is 1. The van der Waals surface area contributed by atoms with Crippen molar-refractivity contribution in [3.05, 3.63) is 42.0 Å². The normalized spacial score (nSPS) is 11.9. The SMILES string of the molecule is C=C(C)COC(=O)C(C)c1ccc(O)cc1. The van der Waals surface area contributed by atoms with E-state index in [-0.39, 0.29) is 24.2 Å². The molecule has 0 aliphatic heterocycles. The Morgan fingerprint density at radius 1 is 1.44 bits per heavy atom. The number of benzene rings is 1. The highest BCUT2D eigenvalue weighted by atomic mass is 16.5. The molecule has 0 aliphatic rings. The van der Waals surface area contributed by atoms with Gasteiger partial charge in [-0.25, -0.2) is 0 Å². The van der Waals surface area contributed by atoms with Gasteiger partial charge in [0.2, 0.25) is 0 Å². The molecule has 0 heterocycles. The van der Waals surface area contributed by atoms with Crippen molar-refractivity contribution < 1.29 is 14.6 Å². The monoisotopic (exact) mass is 220 g/mol. The van der Waals surface area contributed by atoms with Crippen LogP contribution in [0.25, 0.3) is 0 Å². The zero-order valence-electron chi connectivity index (χ0n) is 9.56. The third kappa shape index (κ3) is 3.42. The second kappa shape index (κ2) is 5.35. The fourth-order valence-corrected chi connectivity index (χ4v) is 1.22. The van der Waals surface area contributed by atoms with E-state index in [1.54, 1.807) is 38.1 Å². The summed E-state index contributed by atoms with van der Waals surface area (Å²) in [5, 5.41) is 9.13. The number of carbonyl (C=O) groups is 1. The van der Waals surface area contributed by atoms with Gasteiger partial charge in [0, 0.05) is 0 Å². The van der Waals surface area contributed by atoms with Crippen molar-refractivity contribution in [1.29, 1.82) is 0 Å². The molecule has 0 fully saturated rings. The highest BCUT2D eigenvalue weighted by Gasteiger charge is 2.16. The lowest BCUT2D eigenvalue weighted by molar-refractivity contribution is -0.144. The molecular formula is C13H16O3. The third-order valence-corrected chi connectivity index (χ3v) is 2.21. The van der Waals surface area contributed by atoms with Gasteiger partial charge in [-0.05, 0) is 37.1 Å². The Labute approximate surface area is 95.4 Å². The number of esters is 1. The Kier molecular flexibility index (Phi) is 4.11. The maximum absolute atomic E-state index is 11.6. The molecule has 0 aromatic heterocycles. The molecular weight excluding hydrogens is 204 g/mol. The van der Waals surface area contributed by atoms with Crippen LogP contribution in [-0.2, 0) is 9.53 Å². The fraction of sp³-hybridized carbons (Fsp3) is 0.308. The predicted octanol–water partition coefficient (Wildman–Crippen LogP) is 2.62. The smallest absolute Gasteiger partial charge is 0.313 e. The summed E-state index contributed by atoms with van der Waals surface area (Å²) in [4.78, 5) is 11.6. The van der Waals surface area contributed by atoms with Gasteiger partial charge >= 0.3 is 5.97 Å². The molecule has 0 spiro atoms. The third-order valence-electron chi connectivity index (χ3n) is 2.21. The van der Waals surface area contributed by atoms with Gasteiger partial charge in [-0.15, -0.1) is 0 Å². The molecule has 0 aliphatic carbocycles. The number of carbonyl (C=O) groups excluding carboxylic acids is 1. The van der Waals surface area contributed by atoms with Crippen LogP contribution in [0.1, 0.15) is 25.3 Å². The minimum Gasteiger partial charge on any atom is -0.508 e. The molecule has 1 atom stereocenters. The van der Waals surface area contributed by atoms with Crippen LogP contribution >= 0.6 is 0 Å². The number of ether oxygens (including phenoxy) is 1. The molecule has 3 nitrogen and oxygen atoms in total. The second-order valence-electron chi connectivity index (χ2n) is 3.88. The maximum atomic E-state index is 11.6. The van der Waals surface area contributed by atoms with Crippen LogP contribution in [0, 0.1) is 0 Å². The first-order chi connectivity index (χ1) is 7.50. The first kappa shape index (κ1) is 12.3. The molecule has 86 valence electrons. The Morgan fingerprint density at radius 3 is 2.50 bits per heavy atom. The van der Waals surface area contributed by atoms with E-state index in [4.69, 9.17) is 9.84 Å². The predicted molar refractivity (Wildman–Crippen MR) is 62.3 cm³/mol. The zero-order valence-corrected chi connectivity index (χ0v) is 9.56. The molecule has 1 aromatic carbocycles. The molecule has 1 N–H and O–H groups in total. The molecule has 0 bridgehead atoms. The van der Waals surface area contributed by atoms with Crippen molar-refractivity contribution in [2.45, 2.75) is 19.8 Å². The molecule has 16 heavy (non-hydrogen) atoms. The van der Waals surface area contributed by atoms with E-state index in [1.807, 2.05) is 0 Å². The minimum atomic E-state index is -0.333. The number of phenols is 1. The highest BCUT2D eigenvalue weighted by Crippen LogP contribution is 2.19. The van der Waals surface area contributed by atoms with E-state index in [1.165, 1.54) is 0 Å². The van der Waals surface area contributed by atoms with Crippen LogP contribution in [0.5, 0.6) is 5.75 Å². The summed E-state index contributed by atoms with van der Waals surface area (Å²) in [5.41, 5.74) is 1.63. The molecule has 1 unspecified atom stereocenters. The molecule has 0 amide bonds. The Balaban J connectivity index is 2.63. The maximum Gasteiger partial charge on any atom is 0.313 e. The molecule has 0 saturated heterocycles. The summed E-state index contributed by atoms with van der Waals surface area (Å²) in [7, 11) is 0. The van der Waals surface area contributed by atoms with Crippen LogP contribution in [0.3, 0.4) is 0 Å². The van der Waals surface area contributed by atoms with Gasteiger partial charge in [0.1, 0.15) is 12.4 Å². The summed E-state index contributed by atoms with van der Waals surface area (Å²) in [6, 6.07) is 6.53. The Morgan fingerprint density at radius 2 is 2.00 bits per heavy atom. The molecule has 0 saturated carbocycles. The Hall–Kier alpha value is -1.77. The summed E-state index contributed by atoms with van der Waals surface area (Å²) in [5.74, 6) is -0.431. The average molecular weight is 220 g/mol. The average Bonchev–Trinajstić information content (AvgIpc) is 2.26. The quantitative estimate of drug-likeness (QED) is 0.626. The van der Waals surface area contributed by atoms with Crippen LogP contribution in [-0.4, -0.2) is 17.7 Å². The summed E-state index contributed by atoms with van der Waals surface area (Å²) >= 11 is 0. The topological polar surface area (TPSA) is 46.5 Å². The molecule has 0 radical (unpaired) electrons. The van der Waals surface area contributed by atoms with E-state index in [0.717, 1.165) is 11.1 Å². The van der Waals surface area contributed by atoms with Gasteiger partial charge < -0.3 is 9.84 Å². The molecule has 3 heteroatoms. The van der Waals surface area contributed by atoms with Crippen LogP contribution < -0.4 is 0 Å². The van der Waals surface area contributed by atoms with E-state index in [9.17, 15) is 4.79 Å². The lowest BCUT2D eigenvalue weighted by Gasteiger charge is -2.11. The van der Waals surface area contributed by atoms with Crippen molar-refractivity contribution in [3.8, 4) is 5.75 Å². The van der Waals surface area contributed by atoms with Crippen LogP contribution in [0.15, 0.2) is 36.4 Å². The number of hydrogen-bond acceptors (Lipinski definition) is 3. The number of phenolic OH excluding ortho intramolecular Hbond substituents is 1. The first-order valence-corrected chi connectivity index (χ1v) is 5.10. The zero-order chi connectivity index (χ0) is 12.1. The van der Waals surface area contributed by atoms with E-state index < -0.39 is 0 Å². The van der Waals surface area contributed by atoms with Gasteiger partial charge in [-0.1, -0.05) is 18.7 Å². The van der Waals surface area contributed by atoms with Crippen molar-refractivity contribution >= 4 is 5.97 Å². The van der Waals surface area contributed by atoms with Crippen molar-refractivity contribution in [1.82, 2.24) is 0 Å². The summed E-state index contributed by atoms with van der Waals surface area (Å²) < 4.78 is 5.05. The van der Waals surface area contributed by atoms with Gasteiger partial charge in [-0.2, -0.15) is 0 Å². The lowest BCUT2D eigenvalue weighted by Crippen LogP contribution is -2.14. The number of rotatable bonds is 4. The van der Waals surface area contributed by atoms with Crippen LogP contribution in [0.2, 0.25) is 0 Å². The van der Waals surface area contributed by atoms with Crippen molar-refractivity contribution in [2.75, 3.05) is 6.61 Å². The van der Waals surface area contributed by atoms with Crippen molar-refractivity contribution in [2.24, 2.45) is 0 Å². The van der Waals surface area contributed by atoms with Gasteiger partial charge in [0.15, 0.2) is 0 Å². The van der Waals surface area contributed by atoms with Crippen molar-refractivity contribution in [3.63, 3.8) is 0 Å². The lowest BCUT2D eigenvalue weighted by atomic mass is 10.0. The van der Waals surface area contributed by atoms with E-state index in [0.29, 0.717) is 0 Å². The fourth-order valence-electron chi connectivity index (χ4n) is 1.22. The van der Waals surface area contributed by atoms with Gasteiger partial charge in [-0.3, -0.25) is 4.79 Å². The summed E-state index contributed by atoms with van der Waals surface area (Å²) in [6.45, 7) is 7.49. The number of hydrogen-bond donors (Lipinski definition) is 1. The van der Waals surface area contributed by atoms with Crippen LogP contribution in [0.4, 0.5) is 0 Å². The van der Waals surface area contributed by atoms with E-state index >= 15 is 0 Å². The standard InChI is InChI=1S/C13H16O3/c1-9(2)8-16-13(15)10(3)11-4-6-12(14)7-5-11/h4-7,10,14H,1,8H2,2-3H3. The summed E-state index contributed by atoms with van der Waals surface area (Å²) in [6.07, 6.45) is 0. The molecule has 1 aromatic rings. The van der Waals surface area contributed by atoms with Gasteiger partial charge in [0.05, 0.1) is 5.92 Å². The largest absolute Gasteiger partial charge is 0.508 e. The van der Waals surface area contributed by atoms with E-state index in [2.05, 4.69) is 6.58 Å². The second-order valence-corrected chi connectivity index (χ2v) is 3.88. The van der Waals surface area contributed by atoms with Gasteiger partial charge in [0.25, 0.3) is 0 Å². The highest BCUT2D eigenvalue weighted by molar-refractivity contribution is 5.77. The first-order valence-electron chi connectivity index (χ1n) is 5.10. The molecule has 1 rings (SSSR count).